The Kier molecular flexibility index (Phi) is 8.57. The van der Waals surface area contributed by atoms with E-state index in [1.165, 1.54) is 11.9 Å². The van der Waals surface area contributed by atoms with E-state index in [0.717, 1.165) is 16.0 Å². The topological polar surface area (TPSA) is 86.0 Å². The van der Waals surface area contributed by atoms with Crippen molar-refractivity contribution in [1.29, 1.82) is 0 Å². The minimum atomic E-state index is -4.56. The van der Waals surface area contributed by atoms with Gasteiger partial charge in [0.25, 0.3) is 0 Å². The van der Waals surface area contributed by atoms with E-state index in [-0.39, 0.29) is 18.2 Å². The molecule has 0 saturated carbocycles. The highest BCUT2D eigenvalue weighted by Gasteiger charge is 2.42. The first kappa shape index (κ1) is 26.7. The molecule has 0 radical (unpaired) electrons. The Morgan fingerprint density at radius 3 is 2.74 bits per heavy atom. The van der Waals surface area contributed by atoms with Crippen molar-refractivity contribution in [3.63, 3.8) is 0 Å². The molecule has 2 amide bonds. The van der Waals surface area contributed by atoms with Crippen molar-refractivity contribution < 1.29 is 23.1 Å². The first-order chi connectivity index (χ1) is 16.6. The van der Waals surface area contributed by atoms with Gasteiger partial charge < -0.3 is 19.7 Å². The zero-order valence-electron chi connectivity index (χ0n) is 19.6. The second-order valence-electron chi connectivity index (χ2n) is 8.11. The summed E-state index contributed by atoms with van der Waals surface area (Å²) >= 11 is 6.25. The Labute approximate surface area is 206 Å². The molecule has 0 aliphatic rings. The molecule has 2 heterocycles. The number of aliphatic hydroxyl groups excluding tert-OH is 1. The molecule has 1 unspecified atom stereocenters. The zero-order chi connectivity index (χ0) is 25.8. The summed E-state index contributed by atoms with van der Waals surface area (Å²) in [5.74, 6) is 0. The number of carbonyl (C=O) groups excluding carboxylic acids is 1. The summed E-state index contributed by atoms with van der Waals surface area (Å²) in [4.78, 5) is 23.8. The Morgan fingerprint density at radius 2 is 2.09 bits per heavy atom. The third-order valence-corrected chi connectivity index (χ3v) is 6.13. The van der Waals surface area contributed by atoms with E-state index in [1.807, 2.05) is 24.3 Å². The molecule has 0 fully saturated rings. The highest BCUT2D eigenvalue weighted by atomic mass is 35.5. The van der Waals surface area contributed by atoms with Crippen molar-refractivity contribution >= 4 is 23.3 Å². The van der Waals surface area contributed by atoms with E-state index in [0.29, 0.717) is 11.3 Å². The van der Waals surface area contributed by atoms with Crippen LogP contribution in [0.1, 0.15) is 25.5 Å². The van der Waals surface area contributed by atoms with Gasteiger partial charge >= 0.3 is 12.2 Å². The van der Waals surface area contributed by atoms with Crippen molar-refractivity contribution in [1.82, 2.24) is 29.5 Å². The number of aliphatic hydroxyl groups is 1. The number of benzene rings is 1. The summed E-state index contributed by atoms with van der Waals surface area (Å²) < 4.78 is 42.1. The summed E-state index contributed by atoms with van der Waals surface area (Å²) in [5.41, 5.74) is 2.71. The summed E-state index contributed by atoms with van der Waals surface area (Å²) in [6.45, 7) is 2.64. The van der Waals surface area contributed by atoms with Crippen LogP contribution >= 0.6 is 11.6 Å². The smallest absolute Gasteiger partial charge is 0.395 e. The van der Waals surface area contributed by atoms with Gasteiger partial charge in [0.1, 0.15) is 6.04 Å². The maximum absolute atomic E-state index is 13.5. The van der Waals surface area contributed by atoms with Gasteiger partial charge in [0.05, 0.1) is 18.3 Å². The predicted molar refractivity (Wildman–Crippen MR) is 127 cm³/mol. The lowest BCUT2D eigenvalue weighted by Gasteiger charge is -2.32. The Balaban J connectivity index is 1.77. The molecule has 3 rings (SSSR count). The Hall–Kier alpha value is -2.89. The lowest BCUT2D eigenvalue weighted by atomic mass is 10.0. The van der Waals surface area contributed by atoms with Crippen LogP contribution in [0, 0.1) is 0 Å². The highest BCUT2D eigenvalue weighted by molar-refractivity contribution is 6.32. The van der Waals surface area contributed by atoms with Gasteiger partial charge in [-0.1, -0.05) is 29.8 Å². The second kappa shape index (κ2) is 11.2. The maximum atomic E-state index is 13.5. The molecule has 0 saturated heterocycles. The monoisotopic (exact) mass is 512 g/mol. The number of amides is 2. The van der Waals surface area contributed by atoms with Crippen molar-refractivity contribution in [2.24, 2.45) is 0 Å². The zero-order valence-corrected chi connectivity index (χ0v) is 20.4. The molecular formula is C23H28ClF3N6O2. The fourth-order valence-corrected chi connectivity index (χ4v) is 4.12. The molecular weight excluding hydrogens is 485 g/mol. The number of urea groups is 1. The Morgan fingerprint density at radius 1 is 1.34 bits per heavy atom. The third kappa shape index (κ3) is 6.22. The molecule has 0 aliphatic carbocycles. The Bertz CT molecular complexity index is 1160. The van der Waals surface area contributed by atoms with Gasteiger partial charge in [-0.3, -0.25) is 4.90 Å². The lowest BCUT2D eigenvalue weighted by molar-refractivity contribution is -0.179. The van der Waals surface area contributed by atoms with Crippen LogP contribution < -0.4 is 5.32 Å². The van der Waals surface area contributed by atoms with Crippen LogP contribution in [-0.2, 0) is 0 Å². The fourth-order valence-electron chi connectivity index (χ4n) is 3.88. The molecule has 2 N–H and O–H groups in total. The molecule has 2 aromatic heterocycles. The van der Waals surface area contributed by atoms with E-state index >= 15 is 0 Å². The van der Waals surface area contributed by atoms with Gasteiger partial charge in [0, 0.05) is 43.8 Å². The minimum absolute atomic E-state index is 0.163. The largest absolute Gasteiger partial charge is 0.405 e. The fraction of sp³-hybridized carbons (Fsp3) is 0.435. The number of alkyl halides is 3. The van der Waals surface area contributed by atoms with Gasteiger partial charge in [0.15, 0.2) is 10.8 Å². The first-order valence-corrected chi connectivity index (χ1v) is 11.5. The first-order valence-electron chi connectivity index (χ1n) is 11.1. The number of hydrogen-bond acceptors (Lipinski definition) is 5. The van der Waals surface area contributed by atoms with Gasteiger partial charge in [-0.15, -0.1) is 0 Å². The third-order valence-electron chi connectivity index (χ3n) is 5.88. The van der Waals surface area contributed by atoms with Gasteiger partial charge in [-0.25, -0.2) is 14.8 Å². The summed E-state index contributed by atoms with van der Waals surface area (Å²) in [6.07, 6.45) is 0.614. The average Bonchev–Trinajstić information content (AvgIpc) is 3.28. The van der Waals surface area contributed by atoms with E-state index < -0.39 is 37.4 Å². The number of aromatic nitrogens is 3. The number of imidazole rings is 1. The van der Waals surface area contributed by atoms with Crippen molar-refractivity contribution in [3.05, 3.63) is 53.6 Å². The van der Waals surface area contributed by atoms with Crippen LogP contribution in [-0.4, -0.2) is 80.8 Å². The molecule has 8 nitrogen and oxygen atoms in total. The van der Waals surface area contributed by atoms with Crippen LogP contribution in [0.2, 0.25) is 5.15 Å². The molecule has 1 aromatic carbocycles. The van der Waals surface area contributed by atoms with Crippen LogP contribution in [0.5, 0.6) is 0 Å². The number of nitrogens with one attached hydrogen (secondary N) is 1. The van der Waals surface area contributed by atoms with Gasteiger partial charge in [0.2, 0.25) is 0 Å². The standard InChI is InChI=1S/C23H28ClF3N6O2/c1-4-33(22(35)29-13-19(23(25,26)27)31(3)10-11-34)15(2)16-6-5-7-17(12-16)18-14-32-9-8-28-21(32)20(24)30-18/h5-9,12,14-15,19,34H,4,10-11,13H2,1-3H3,(H,29,35)/t15-,19?/m1/s1. The van der Waals surface area contributed by atoms with E-state index in [4.69, 9.17) is 16.7 Å². The van der Waals surface area contributed by atoms with Crippen molar-refractivity contribution in [2.45, 2.75) is 32.1 Å². The quantitative estimate of drug-likeness (QED) is 0.453. The van der Waals surface area contributed by atoms with Gasteiger partial charge in [-0.05, 0) is 32.5 Å². The molecule has 190 valence electrons. The number of hydrogen-bond donors (Lipinski definition) is 2. The number of likely N-dealkylation sites (N-methyl/N-ethyl adjacent to an activating group) is 1. The summed E-state index contributed by atoms with van der Waals surface area (Å²) in [7, 11) is 1.26. The summed E-state index contributed by atoms with van der Waals surface area (Å²) in [6, 6.07) is 4.45. The number of fused-ring (bicyclic) bond motifs is 1. The lowest BCUT2D eigenvalue weighted by Crippen LogP contribution is -2.53. The number of carbonyl (C=O) groups is 1. The van der Waals surface area contributed by atoms with E-state index in [2.05, 4.69) is 15.3 Å². The molecule has 0 spiro atoms. The minimum Gasteiger partial charge on any atom is -0.395 e. The normalized spacial score (nSPS) is 13.7. The second-order valence-corrected chi connectivity index (χ2v) is 8.47. The SMILES string of the molecule is CCN(C(=O)NCC(N(C)CCO)C(F)(F)F)[C@H](C)c1cccc(-c2cn3ccnc3c(Cl)n2)c1. The number of nitrogens with zero attached hydrogens (tertiary/aromatic N) is 5. The average molecular weight is 513 g/mol. The number of halogens is 4. The predicted octanol–water partition coefficient (Wildman–Crippen LogP) is 4.00. The van der Waals surface area contributed by atoms with Crippen LogP contribution in [0.4, 0.5) is 18.0 Å². The van der Waals surface area contributed by atoms with Crippen LogP contribution in [0.3, 0.4) is 0 Å². The molecule has 35 heavy (non-hydrogen) atoms. The van der Waals surface area contributed by atoms with Crippen molar-refractivity contribution in [2.75, 3.05) is 33.3 Å². The van der Waals surface area contributed by atoms with E-state index in [1.54, 1.807) is 36.8 Å². The molecule has 0 aliphatic heterocycles. The van der Waals surface area contributed by atoms with Gasteiger partial charge in [-0.2, -0.15) is 13.2 Å². The number of rotatable bonds is 9. The molecule has 0 bridgehead atoms. The van der Waals surface area contributed by atoms with Crippen LogP contribution in [0.25, 0.3) is 16.9 Å². The highest BCUT2D eigenvalue weighted by Crippen LogP contribution is 2.28. The van der Waals surface area contributed by atoms with Crippen LogP contribution in [0.15, 0.2) is 42.9 Å². The van der Waals surface area contributed by atoms with E-state index in [9.17, 15) is 18.0 Å². The van der Waals surface area contributed by atoms with Crippen molar-refractivity contribution in [3.8, 4) is 11.3 Å². The maximum Gasteiger partial charge on any atom is 0.405 e. The molecule has 2 atom stereocenters. The summed E-state index contributed by atoms with van der Waals surface area (Å²) in [5, 5.41) is 11.7. The molecule has 3 aromatic rings. The molecule has 12 heteroatoms.